The number of carboxylic acids is 1. The highest BCUT2D eigenvalue weighted by Gasteiger charge is 2.33. The number of halogens is 2. The first-order valence-corrected chi connectivity index (χ1v) is 6.37. The number of carbonyl (C=O) groups is 2. The topological polar surface area (TPSA) is 80.4 Å². The van der Waals surface area contributed by atoms with Gasteiger partial charge in [-0.05, 0) is 29.3 Å². The first kappa shape index (κ1) is 13.0. The molecule has 0 bridgehead atoms. The van der Waals surface area contributed by atoms with Gasteiger partial charge in [-0.25, -0.2) is 4.79 Å². The van der Waals surface area contributed by atoms with Crippen molar-refractivity contribution < 1.29 is 14.7 Å². The van der Waals surface area contributed by atoms with Crippen LogP contribution in [0.5, 0.6) is 0 Å². The van der Waals surface area contributed by atoms with Crippen molar-refractivity contribution in [1.29, 1.82) is 0 Å². The van der Waals surface area contributed by atoms with E-state index in [2.05, 4.69) is 0 Å². The summed E-state index contributed by atoms with van der Waals surface area (Å²) in [7, 11) is 0. The monoisotopic (exact) mass is 307 g/mol. The van der Waals surface area contributed by atoms with Gasteiger partial charge in [0.05, 0.1) is 15.6 Å². The highest BCUT2D eigenvalue weighted by molar-refractivity contribution is 6.43. The predicted molar refractivity (Wildman–Crippen MR) is 76.7 cm³/mol. The van der Waals surface area contributed by atoms with Crippen LogP contribution in [0.1, 0.15) is 26.3 Å². The van der Waals surface area contributed by atoms with Crippen LogP contribution in [0.15, 0.2) is 24.3 Å². The van der Waals surface area contributed by atoms with Crippen LogP contribution >= 0.6 is 23.2 Å². The maximum Gasteiger partial charge on any atom is 0.338 e. The van der Waals surface area contributed by atoms with Crippen molar-refractivity contribution in [3.05, 3.63) is 51.0 Å². The van der Waals surface area contributed by atoms with Crippen LogP contribution in [0, 0.1) is 0 Å². The molecule has 2 aromatic carbocycles. The van der Waals surface area contributed by atoms with Gasteiger partial charge in [0, 0.05) is 16.8 Å². The van der Waals surface area contributed by atoms with Crippen LogP contribution in [-0.2, 0) is 0 Å². The first-order chi connectivity index (χ1) is 9.41. The standard InChI is InChI=1S/C14H7Cl2NO3/c15-8-3-6-5-1-2-10(17)12(14(19)20)11(5)13(18)7(6)4-9(8)16/h1-4H,17H2,(H,19,20). The number of anilines is 1. The molecule has 100 valence electrons. The third-order valence-electron chi connectivity index (χ3n) is 3.27. The number of hydrogen-bond donors (Lipinski definition) is 2. The van der Waals surface area contributed by atoms with Gasteiger partial charge in [0.25, 0.3) is 0 Å². The minimum Gasteiger partial charge on any atom is -0.478 e. The van der Waals surface area contributed by atoms with Gasteiger partial charge in [0.2, 0.25) is 0 Å². The second-order valence-electron chi connectivity index (χ2n) is 4.40. The minimum atomic E-state index is -1.24. The van der Waals surface area contributed by atoms with Crippen molar-refractivity contribution in [3.63, 3.8) is 0 Å². The van der Waals surface area contributed by atoms with Gasteiger partial charge in [-0.3, -0.25) is 4.79 Å². The van der Waals surface area contributed by atoms with Gasteiger partial charge in [0.1, 0.15) is 0 Å². The second kappa shape index (κ2) is 4.23. The molecule has 2 aromatic rings. The Hall–Kier alpha value is -2.04. The number of fused-ring (bicyclic) bond motifs is 3. The first-order valence-electron chi connectivity index (χ1n) is 5.61. The molecule has 4 nitrogen and oxygen atoms in total. The SMILES string of the molecule is Nc1ccc2c(c1C(=O)O)C(=O)c1cc(Cl)c(Cl)cc1-2. The molecule has 0 unspecified atom stereocenters. The van der Waals surface area contributed by atoms with E-state index in [9.17, 15) is 14.7 Å². The van der Waals surface area contributed by atoms with Gasteiger partial charge >= 0.3 is 5.97 Å². The minimum absolute atomic E-state index is 0.0506. The molecule has 3 rings (SSSR count). The average Bonchev–Trinajstić information content (AvgIpc) is 2.64. The molecule has 0 saturated heterocycles. The third-order valence-corrected chi connectivity index (χ3v) is 4.00. The fourth-order valence-corrected chi connectivity index (χ4v) is 2.73. The molecule has 0 heterocycles. The van der Waals surface area contributed by atoms with Crippen LogP contribution in [0.4, 0.5) is 5.69 Å². The zero-order valence-electron chi connectivity index (χ0n) is 9.91. The second-order valence-corrected chi connectivity index (χ2v) is 5.21. The number of nitrogens with two attached hydrogens (primary N) is 1. The van der Waals surface area contributed by atoms with Gasteiger partial charge in [0.15, 0.2) is 5.78 Å². The molecule has 1 aliphatic carbocycles. The van der Waals surface area contributed by atoms with E-state index in [-0.39, 0.29) is 21.8 Å². The van der Waals surface area contributed by atoms with Crippen molar-refractivity contribution in [2.75, 3.05) is 5.73 Å². The van der Waals surface area contributed by atoms with E-state index in [0.29, 0.717) is 21.7 Å². The number of rotatable bonds is 1. The molecule has 0 aromatic heterocycles. The summed E-state index contributed by atoms with van der Waals surface area (Å²) in [6.07, 6.45) is 0. The summed E-state index contributed by atoms with van der Waals surface area (Å²) < 4.78 is 0. The normalized spacial score (nSPS) is 12.2. The third kappa shape index (κ3) is 1.62. The van der Waals surface area contributed by atoms with Crippen LogP contribution in [-0.4, -0.2) is 16.9 Å². The maximum absolute atomic E-state index is 12.4. The van der Waals surface area contributed by atoms with E-state index in [1.807, 2.05) is 0 Å². The summed E-state index contributed by atoms with van der Waals surface area (Å²) in [5.74, 6) is -1.64. The lowest BCUT2D eigenvalue weighted by molar-refractivity contribution is 0.0694. The maximum atomic E-state index is 12.4. The summed E-state index contributed by atoms with van der Waals surface area (Å²) in [5, 5.41) is 9.80. The van der Waals surface area contributed by atoms with Crippen LogP contribution < -0.4 is 5.73 Å². The van der Waals surface area contributed by atoms with E-state index >= 15 is 0 Å². The highest BCUT2D eigenvalue weighted by Crippen LogP contribution is 2.43. The lowest BCUT2D eigenvalue weighted by atomic mass is 9.99. The number of ketones is 1. The average molecular weight is 308 g/mol. The van der Waals surface area contributed by atoms with Crippen LogP contribution in [0.3, 0.4) is 0 Å². The van der Waals surface area contributed by atoms with Crippen molar-refractivity contribution in [3.8, 4) is 11.1 Å². The fourth-order valence-electron chi connectivity index (χ4n) is 2.40. The van der Waals surface area contributed by atoms with Gasteiger partial charge in [-0.1, -0.05) is 29.3 Å². The number of aromatic carboxylic acids is 1. The van der Waals surface area contributed by atoms with Gasteiger partial charge < -0.3 is 10.8 Å². The molecule has 0 saturated carbocycles. The van der Waals surface area contributed by atoms with Crippen molar-refractivity contribution in [2.24, 2.45) is 0 Å². The number of carbonyl (C=O) groups excluding carboxylic acids is 1. The molecule has 0 spiro atoms. The molecular formula is C14H7Cl2NO3. The van der Waals surface area contributed by atoms with Crippen molar-refractivity contribution in [2.45, 2.75) is 0 Å². The Morgan fingerprint density at radius 1 is 1.05 bits per heavy atom. The summed E-state index contributed by atoms with van der Waals surface area (Å²) >= 11 is 11.9. The van der Waals surface area contributed by atoms with Gasteiger partial charge in [-0.15, -0.1) is 0 Å². The Morgan fingerprint density at radius 2 is 1.65 bits per heavy atom. The van der Waals surface area contributed by atoms with Crippen LogP contribution in [0.25, 0.3) is 11.1 Å². The Balaban J connectivity index is 2.40. The fraction of sp³-hybridized carbons (Fsp3) is 0. The molecular weight excluding hydrogens is 301 g/mol. The van der Waals surface area contributed by atoms with Crippen molar-refractivity contribution in [1.82, 2.24) is 0 Å². The smallest absolute Gasteiger partial charge is 0.338 e. The Morgan fingerprint density at radius 3 is 2.25 bits per heavy atom. The van der Waals surface area contributed by atoms with E-state index in [4.69, 9.17) is 28.9 Å². The lowest BCUT2D eigenvalue weighted by Crippen LogP contribution is -2.10. The predicted octanol–water partition coefficient (Wildman–Crippen LogP) is 3.49. The molecule has 0 aliphatic heterocycles. The van der Waals surface area contributed by atoms with Crippen LogP contribution in [0.2, 0.25) is 10.0 Å². The number of nitrogen functional groups attached to an aromatic ring is 1. The number of benzene rings is 2. The zero-order chi connectivity index (χ0) is 14.6. The zero-order valence-corrected chi connectivity index (χ0v) is 11.4. The quantitative estimate of drug-likeness (QED) is 0.674. The van der Waals surface area contributed by atoms with Crippen molar-refractivity contribution >= 4 is 40.6 Å². The Labute approximate surface area is 123 Å². The lowest BCUT2D eigenvalue weighted by Gasteiger charge is -2.06. The summed E-state index contributed by atoms with van der Waals surface area (Å²) in [6, 6.07) is 6.09. The Bertz CT molecular complexity index is 799. The summed E-state index contributed by atoms with van der Waals surface area (Å²) in [6.45, 7) is 0. The summed E-state index contributed by atoms with van der Waals surface area (Å²) in [5.41, 5.74) is 7.04. The number of hydrogen-bond acceptors (Lipinski definition) is 3. The highest BCUT2D eigenvalue weighted by atomic mass is 35.5. The van der Waals surface area contributed by atoms with E-state index in [1.54, 1.807) is 12.1 Å². The van der Waals surface area contributed by atoms with E-state index in [1.165, 1.54) is 12.1 Å². The molecule has 3 N–H and O–H groups in total. The molecule has 20 heavy (non-hydrogen) atoms. The van der Waals surface area contributed by atoms with E-state index in [0.717, 1.165) is 0 Å². The summed E-state index contributed by atoms with van der Waals surface area (Å²) in [4.78, 5) is 23.7. The molecule has 1 aliphatic rings. The molecule has 6 heteroatoms. The Kier molecular flexibility index (Phi) is 2.74. The number of carboxylic acid groups (broad SMARTS) is 1. The molecule has 0 amide bonds. The van der Waals surface area contributed by atoms with Gasteiger partial charge in [-0.2, -0.15) is 0 Å². The molecule has 0 radical (unpaired) electrons. The largest absolute Gasteiger partial charge is 0.478 e. The molecule has 0 fully saturated rings. The van der Waals surface area contributed by atoms with E-state index < -0.39 is 11.8 Å². The molecule has 0 atom stereocenters.